The number of ketones is 1. The standard InChI is InChI=1S/C43H47F4NO4S/c1-6-51-40(50)16-12-30-8-7-28(2)33(13-9-30)25-42(19-20-42)27-52-38-15-11-31(23-37(38)44)17-18-41(4,5)39(49)24-35(29(3)53)21-32-10-14-34(26-48)36(22-32)43(45,46)47/h10-12,14-15,17-18,22-24,33H,2,6-9,13,16,19-21,25,27H2,1,3-5H3/b18-17-,30-12+,35-24-. The van der Waals surface area contributed by atoms with Crippen molar-refractivity contribution in [3.63, 3.8) is 0 Å². The predicted octanol–water partition coefficient (Wildman–Crippen LogP) is 11.1. The molecule has 2 saturated carbocycles. The molecule has 10 heteroatoms. The van der Waals surface area contributed by atoms with E-state index in [1.807, 2.05) is 6.08 Å². The summed E-state index contributed by atoms with van der Waals surface area (Å²) in [5, 5.41) is 9.10. The molecule has 0 saturated heterocycles. The summed E-state index contributed by atoms with van der Waals surface area (Å²) in [4.78, 5) is 25.5. The van der Waals surface area contributed by atoms with E-state index in [2.05, 4.69) is 6.58 Å². The molecule has 0 amide bonds. The lowest BCUT2D eigenvalue weighted by molar-refractivity contribution is -0.142. The number of carbonyl (C=O) groups excluding carboxylic acids is 2. The summed E-state index contributed by atoms with van der Waals surface area (Å²) in [6.07, 6.45) is 8.83. The zero-order valence-electron chi connectivity index (χ0n) is 30.8. The van der Waals surface area contributed by atoms with E-state index in [1.165, 1.54) is 29.4 Å². The molecule has 2 aliphatic rings. The monoisotopic (exact) mass is 749 g/mol. The van der Waals surface area contributed by atoms with Gasteiger partial charge in [0.2, 0.25) is 0 Å². The highest BCUT2D eigenvalue weighted by atomic mass is 32.1. The number of esters is 1. The fourth-order valence-electron chi connectivity index (χ4n) is 6.45. The van der Waals surface area contributed by atoms with E-state index in [-0.39, 0.29) is 34.9 Å². The molecule has 2 aliphatic carbocycles. The van der Waals surface area contributed by atoms with Gasteiger partial charge in [0.05, 0.1) is 36.8 Å². The third kappa shape index (κ3) is 11.8. The molecule has 0 N–H and O–H groups in total. The second-order valence-electron chi connectivity index (χ2n) is 14.8. The van der Waals surface area contributed by atoms with E-state index in [1.54, 1.807) is 58.0 Å². The van der Waals surface area contributed by atoms with Gasteiger partial charge in [0, 0.05) is 15.7 Å². The van der Waals surface area contributed by atoms with Crippen LogP contribution >= 0.6 is 12.2 Å². The molecular weight excluding hydrogens is 703 g/mol. The molecule has 5 nitrogen and oxygen atoms in total. The summed E-state index contributed by atoms with van der Waals surface area (Å²) in [6, 6.07) is 9.67. The number of nitrogens with zero attached hydrogens (tertiary/aromatic N) is 1. The number of hydrogen-bond donors (Lipinski definition) is 0. The molecule has 282 valence electrons. The first-order valence-electron chi connectivity index (χ1n) is 17.9. The lowest BCUT2D eigenvalue weighted by Gasteiger charge is -2.24. The second kappa shape index (κ2) is 17.6. The number of hydrogen-bond acceptors (Lipinski definition) is 6. The van der Waals surface area contributed by atoms with Crippen LogP contribution in [0.1, 0.15) is 101 Å². The van der Waals surface area contributed by atoms with Crippen LogP contribution in [0.15, 0.2) is 77.9 Å². The van der Waals surface area contributed by atoms with Crippen LogP contribution in [-0.4, -0.2) is 29.8 Å². The minimum absolute atomic E-state index is 0.0178. The van der Waals surface area contributed by atoms with Crippen LogP contribution in [0.3, 0.4) is 0 Å². The van der Waals surface area contributed by atoms with Crippen LogP contribution in [0.5, 0.6) is 5.75 Å². The normalized spacial score (nSPS) is 18.4. The number of halogens is 4. The minimum atomic E-state index is -4.70. The minimum Gasteiger partial charge on any atom is -0.490 e. The molecule has 2 fully saturated rings. The van der Waals surface area contributed by atoms with Crippen LogP contribution < -0.4 is 4.74 Å². The van der Waals surface area contributed by atoms with E-state index in [4.69, 9.17) is 27.0 Å². The summed E-state index contributed by atoms with van der Waals surface area (Å²) in [6.45, 7) is 11.9. The van der Waals surface area contributed by atoms with Gasteiger partial charge in [-0.25, -0.2) is 4.39 Å². The van der Waals surface area contributed by atoms with Crippen molar-refractivity contribution in [2.24, 2.45) is 16.7 Å². The number of alkyl halides is 3. The highest BCUT2D eigenvalue weighted by Gasteiger charge is 2.45. The van der Waals surface area contributed by atoms with E-state index in [0.717, 1.165) is 57.1 Å². The Labute approximate surface area is 315 Å². The lowest BCUT2D eigenvalue weighted by Crippen LogP contribution is -2.21. The third-order valence-electron chi connectivity index (χ3n) is 10.1. The lowest BCUT2D eigenvalue weighted by atomic mass is 9.84. The van der Waals surface area contributed by atoms with E-state index in [0.29, 0.717) is 41.6 Å². The summed E-state index contributed by atoms with van der Waals surface area (Å²) in [7, 11) is 0. The molecule has 0 heterocycles. The Morgan fingerprint density at radius 3 is 2.47 bits per heavy atom. The number of nitriles is 1. The van der Waals surface area contributed by atoms with Gasteiger partial charge in [-0.1, -0.05) is 60.3 Å². The molecule has 0 aromatic heterocycles. The molecule has 1 atom stereocenters. The molecule has 4 rings (SSSR count). The Hall–Kier alpha value is -4.36. The highest BCUT2D eigenvalue weighted by molar-refractivity contribution is 7.80. The van der Waals surface area contributed by atoms with Crippen molar-refractivity contribution in [1.29, 1.82) is 5.26 Å². The van der Waals surface area contributed by atoms with Gasteiger partial charge in [-0.2, -0.15) is 18.4 Å². The Morgan fingerprint density at radius 1 is 1.11 bits per heavy atom. The predicted molar refractivity (Wildman–Crippen MR) is 203 cm³/mol. The van der Waals surface area contributed by atoms with Crippen molar-refractivity contribution in [2.75, 3.05) is 13.2 Å². The first kappa shape index (κ1) is 41.4. The van der Waals surface area contributed by atoms with E-state index in [9.17, 15) is 22.8 Å². The fourth-order valence-corrected chi connectivity index (χ4v) is 6.58. The van der Waals surface area contributed by atoms with Crippen molar-refractivity contribution in [3.8, 4) is 11.8 Å². The van der Waals surface area contributed by atoms with Crippen molar-refractivity contribution >= 4 is 34.9 Å². The average molecular weight is 750 g/mol. The zero-order valence-corrected chi connectivity index (χ0v) is 31.7. The average Bonchev–Trinajstić information content (AvgIpc) is 3.90. The van der Waals surface area contributed by atoms with Crippen molar-refractivity contribution in [2.45, 2.75) is 91.7 Å². The van der Waals surface area contributed by atoms with Gasteiger partial charge in [-0.3, -0.25) is 9.59 Å². The zero-order chi connectivity index (χ0) is 39.0. The summed E-state index contributed by atoms with van der Waals surface area (Å²) in [5.41, 5.74) is 1.10. The SMILES string of the molecule is C=C1CC/C(=C\CC(=O)OCC)CCC1CC1(COc2ccc(/C=C\C(C)(C)C(=O)/C=C(/Cc3ccc(C#N)c(C(F)(F)F)c3)C(C)=S)cc2F)CC1. The quantitative estimate of drug-likeness (QED) is 0.0451. The first-order chi connectivity index (χ1) is 24.9. The molecule has 0 radical (unpaired) electrons. The number of benzene rings is 2. The van der Waals surface area contributed by atoms with Crippen molar-refractivity contribution in [1.82, 2.24) is 0 Å². The van der Waals surface area contributed by atoms with Crippen molar-refractivity contribution in [3.05, 3.63) is 106 Å². The molecular formula is C43H47F4NO4S. The van der Waals surface area contributed by atoms with E-state index >= 15 is 4.39 Å². The number of thiocarbonyl (C=S) groups is 1. The molecule has 2 aromatic carbocycles. The topological polar surface area (TPSA) is 76.4 Å². The Balaban J connectivity index is 1.36. The Bertz CT molecular complexity index is 1860. The Kier molecular flexibility index (Phi) is 13.8. The molecule has 1 unspecified atom stereocenters. The first-order valence-corrected chi connectivity index (χ1v) is 18.3. The second-order valence-corrected chi connectivity index (χ2v) is 15.4. The number of ether oxygens (including phenoxy) is 2. The Morgan fingerprint density at radius 2 is 1.85 bits per heavy atom. The maximum absolute atomic E-state index is 15.2. The van der Waals surface area contributed by atoms with Gasteiger partial charge in [0.1, 0.15) is 0 Å². The highest BCUT2D eigenvalue weighted by Crippen LogP contribution is 2.53. The largest absolute Gasteiger partial charge is 0.490 e. The van der Waals surface area contributed by atoms with Crippen LogP contribution in [0.25, 0.3) is 6.08 Å². The van der Waals surface area contributed by atoms with Gasteiger partial charge in [-0.05, 0) is 132 Å². The maximum Gasteiger partial charge on any atom is 0.417 e. The van der Waals surface area contributed by atoms with Crippen LogP contribution in [0.4, 0.5) is 17.6 Å². The molecule has 0 spiro atoms. The summed E-state index contributed by atoms with van der Waals surface area (Å²) in [5.74, 6) is -0.545. The smallest absolute Gasteiger partial charge is 0.417 e. The van der Waals surface area contributed by atoms with Gasteiger partial charge in [0.25, 0.3) is 0 Å². The fraction of sp³-hybridized carbons (Fsp3) is 0.442. The van der Waals surface area contributed by atoms with Crippen molar-refractivity contribution < 1.29 is 36.6 Å². The van der Waals surface area contributed by atoms with Crippen LogP contribution in [0, 0.1) is 33.9 Å². The van der Waals surface area contributed by atoms with Gasteiger partial charge in [-0.15, -0.1) is 0 Å². The van der Waals surface area contributed by atoms with Crippen LogP contribution in [0.2, 0.25) is 0 Å². The number of allylic oxidation sites excluding steroid dienone is 5. The maximum atomic E-state index is 15.2. The van der Waals surface area contributed by atoms with Gasteiger partial charge in [0.15, 0.2) is 17.3 Å². The number of carbonyl (C=O) groups is 2. The number of rotatable bonds is 15. The molecule has 2 aromatic rings. The summed E-state index contributed by atoms with van der Waals surface area (Å²) >= 11 is 5.32. The molecule has 0 aliphatic heterocycles. The molecule has 0 bridgehead atoms. The summed E-state index contributed by atoms with van der Waals surface area (Å²) < 4.78 is 66.8. The van der Waals surface area contributed by atoms with Crippen LogP contribution in [-0.2, 0) is 26.9 Å². The third-order valence-corrected chi connectivity index (χ3v) is 10.4. The van der Waals surface area contributed by atoms with Gasteiger partial charge >= 0.3 is 12.1 Å². The van der Waals surface area contributed by atoms with Gasteiger partial charge < -0.3 is 9.47 Å². The molecule has 53 heavy (non-hydrogen) atoms. The van der Waals surface area contributed by atoms with E-state index < -0.39 is 28.5 Å².